The van der Waals surface area contributed by atoms with Crippen LogP contribution >= 0.6 is 11.6 Å². The Morgan fingerprint density at radius 1 is 1.78 bits per heavy atom. The standard InChI is InChI=1S/C6H9ClO2/c1-2-4(8)6-5(3-7)9-6/h5-6H,2-3H2,1H3. The molecular weight excluding hydrogens is 140 g/mol. The summed E-state index contributed by atoms with van der Waals surface area (Å²) in [6.45, 7) is 1.83. The maximum Gasteiger partial charge on any atom is 0.164 e. The van der Waals surface area contributed by atoms with Crippen molar-refractivity contribution in [3.8, 4) is 0 Å². The Kier molecular flexibility index (Phi) is 2.09. The van der Waals surface area contributed by atoms with E-state index in [-0.39, 0.29) is 18.0 Å². The van der Waals surface area contributed by atoms with Crippen LogP contribution in [0.5, 0.6) is 0 Å². The first-order chi connectivity index (χ1) is 4.29. The topological polar surface area (TPSA) is 29.6 Å². The van der Waals surface area contributed by atoms with Gasteiger partial charge in [0.05, 0.1) is 5.88 Å². The second-order valence-electron chi connectivity index (χ2n) is 2.07. The molecule has 0 bridgehead atoms. The van der Waals surface area contributed by atoms with Gasteiger partial charge in [0.1, 0.15) is 12.2 Å². The molecule has 3 heteroatoms. The number of epoxide rings is 1. The number of rotatable bonds is 3. The fourth-order valence-corrected chi connectivity index (χ4v) is 0.979. The highest BCUT2D eigenvalue weighted by Crippen LogP contribution is 2.24. The van der Waals surface area contributed by atoms with E-state index in [4.69, 9.17) is 16.3 Å². The van der Waals surface area contributed by atoms with E-state index in [1.807, 2.05) is 6.92 Å². The van der Waals surface area contributed by atoms with E-state index in [2.05, 4.69) is 0 Å². The van der Waals surface area contributed by atoms with E-state index in [0.717, 1.165) is 0 Å². The first kappa shape index (κ1) is 7.03. The summed E-state index contributed by atoms with van der Waals surface area (Å²) in [7, 11) is 0. The molecule has 0 aromatic carbocycles. The van der Waals surface area contributed by atoms with Gasteiger partial charge in [0.15, 0.2) is 5.78 Å². The number of Topliss-reactive ketones (excluding diaryl/α,β-unsaturated/α-hetero) is 1. The van der Waals surface area contributed by atoms with Gasteiger partial charge in [-0.05, 0) is 0 Å². The summed E-state index contributed by atoms with van der Waals surface area (Å²) in [6, 6.07) is 0. The van der Waals surface area contributed by atoms with E-state index in [1.165, 1.54) is 0 Å². The summed E-state index contributed by atoms with van der Waals surface area (Å²) in [4.78, 5) is 10.8. The molecule has 0 N–H and O–H groups in total. The van der Waals surface area contributed by atoms with Crippen LogP contribution in [0.1, 0.15) is 13.3 Å². The van der Waals surface area contributed by atoms with Gasteiger partial charge in [-0.15, -0.1) is 11.6 Å². The van der Waals surface area contributed by atoms with Crippen molar-refractivity contribution >= 4 is 17.4 Å². The van der Waals surface area contributed by atoms with Gasteiger partial charge in [0, 0.05) is 6.42 Å². The first-order valence-corrected chi connectivity index (χ1v) is 3.57. The maximum atomic E-state index is 10.8. The Morgan fingerprint density at radius 2 is 2.44 bits per heavy atom. The van der Waals surface area contributed by atoms with Crippen molar-refractivity contribution in [3.63, 3.8) is 0 Å². The second-order valence-corrected chi connectivity index (χ2v) is 2.38. The number of halogens is 1. The molecule has 0 spiro atoms. The summed E-state index contributed by atoms with van der Waals surface area (Å²) >= 11 is 5.42. The third-order valence-electron chi connectivity index (χ3n) is 1.40. The van der Waals surface area contributed by atoms with Crippen LogP contribution in [0.15, 0.2) is 0 Å². The van der Waals surface area contributed by atoms with Crippen LogP contribution in [0.25, 0.3) is 0 Å². The lowest BCUT2D eigenvalue weighted by molar-refractivity contribution is -0.119. The molecule has 0 aromatic rings. The smallest absolute Gasteiger partial charge is 0.164 e. The van der Waals surface area contributed by atoms with E-state index in [9.17, 15) is 4.79 Å². The van der Waals surface area contributed by atoms with Crippen LogP contribution in [0, 0.1) is 0 Å². The predicted molar refractivity (Wildman–Crippen MR) is 34.7 cm³/mol. The molecule has 2 unspecified atom stereocenters. The minimum atomic E-state index is -0.174. The van der Waals surface area contributed by atoms with Gasteiger partial charge in [-0.2, -0.15) is 0 Å². The molecule has 1 aliphatic heterocycles. The van der Waals surface area contributed by atoms with Crippen molar-refractivity contribution in [1.82, 2.24) is 0 Å². The highest BCUT2D eigenvalue weighted by molar-refractivity contribution is 6.18. The highest BCUT2D eigenvalue weighted by Gasteiger charge is 2.42. The third-order valence-corrected chi connectivity index (χ3v) is 1.70. The number of hydrogen-bond donors (Lipinski definition) is 0. The number of hydrogen-bond acceptors (Lipinski definition) is 2. The van der Waals surface area contributed by atoms with Gasteiger partial charge in [-0.25, -0.2) is 0 Å². The molecule has 0 aliphatic carbocycles. The fraction of sp³-hybridized carbons (Fsp3) is 0.833. The summed E-state index contributed by atoms with van der Waals surface area (Å²) in [5.41, 5.74) is 0. The van der Waals surface area contributed by atoms with Gasteiger partial charge in [-0.3, -0.25) is 4.79 Å². The van der Waals surface area contributed by atoms with Crippen molar-refractivity contribution in [2.75, 3.05) is 5.88 Å². The van der Waals surface area contributed by atoms with E-state index < -0.39 is 0 Å². The monoisotopic (exact) mass is 148 g/mol. The van der Waals surface area contributed by atoms with Gasteiger partial charge < -0.3 is 4.74 Å². The lowest BCUT2D eigenvalue weighted by atomic mass is 10.2. The molecular formula is C6H9ClO2. The molecule has 1 fully saturated rings. The van der Waals surface area contributed by atoms with Crippen molar-refractivity contribution in [2.45, 2.75) is 25.6 Å². The van der Waals surface area contributed by atoms with E-state index >= 15 is 0 Å². The van der Waals surface area contributed by atoms with Crippen LogP contribution in [-0.2, 0) is 9.53 Å². The average molecular weight is 149 g/mol. The number of carbonyl (C=O) groups excluding carboxylic acids is 1. The van der Waals surface area contributed by atoms with Crippen molar-refractivity contribution in [1.29, 1.82) is 0 Å². The summed E-state index contributed by atoms with van der Waals surface area (Å²) < 4.78 is 4.94. The summed E-state index contributed by atoms with van der Waals surface area (Å²) in [5, 5.41) is 0. The Morgan fingerprint density at radius 3 is 2.78 bits per heavy atom. The summed E-state index contributed by atoms with van der Waals surface area (Å²) in [5.74, 6) is 0.608. The molecule has 9 heavy (non-hydrogen) atoms. The Bertz CT molecular complexity index is 124. The SMILES string of the molecule is CCC(=O)C1OC1CCl. The minimum Gasteiger partial charge on any atom is -0.360 e. The molecule has 1 rings (SSSR count). The Balaban J connectivity index is 2.25. The van der Waals surface area contributed by atoms with E-state index in [0.29, 0.717) is 12.3 Å². The Labute approximate surface area is 59.1 Å². The van der Waals surface area contributed by atoms with E-state index in [1.54, 1.807) is 0 Å². The van der Waals surface area contributed by atoms with Gasteiger partial charge in [0.2, 0.25) is 0 Å². The minimum absolute atomic E-state index is 0.0131. The van der Waals surface area contributed by atoms with Gasteiger partial charge in [0.25, 0.3) is 0 Å². The largest absolute Gasteiger partial charge is 0.360 e. The predicted octanol–water partition coefficient (Wildman–Crippen LogP) is 0.972. The third kappa shape index (κ3) is 1.43. The quantitative estimate of drug-likeness (QED) is 0.441. The molecule has 0 amide bonds. The molecule has 52 valence electrons. The van der Waals surface area contributed by atoms with Crippen LogP contribution < -0.4 is 0 Å². The lowest BCUT2D eigenvalue weighted by Gasteiger charge is -1.84. The molecule has 1 aliphatic rings. The zero-order valence-corrected chi connectivity index (χ0v) is 6.02. The van der Waals surface area contributed by atoms with Crippen LogP contribution in [-0.4, -0.2) is 23.9 Å². The maximum absolute atomic E-state index is 10.8. The van der Waals surface area contributed by atoms with Crippen LogP contribution in [0.2, 0.25) is 0 Å². The lowest BCUT2D eigenvalue weighted by Crippen LogP contribution is -2.08. The van der Waals surface area contributed by atoms with Gasteiger partial charge in [-0.1, -0.05) is 6.92 Å². The van der Waals surface area contributed by atoms with Crippen LogP contribution in [0.4, 0.5) is 0 Å². The molecule has 2 atom stereocenters. The van der Waals surface area contributed by atoms with Crippen molar-refractivity contribution < 1.29 is 9.53 Å². The molecule has 1 heterocycles. The fourth-order valence-electron chi connectivity index (χ4n) is 0.745. The zero-order valence-electron chi connectivity index (χ0n) is 5.26. The first-order valence-electron chi connectivity index (χ1n) is 3.03. The molecule has 2 nitrogen and oxygen atoms in total. The normalized spacial score (nSPS) is 32.2. The molecule has 0 aromatic heterocycles. The summed E-state index contributed by atoms with van der Waals surface area (Å²) in [6.07, 6.45) is 0.393. The molecule has 0 radical (unpaired) electrons. The van der Waals surface area contributed by atoms with Gasteiger partial charge >= 0.3 is 0 Å². The zero-order chi connectivity index (χ0) is 6.85. The number of ether oxygens (including phenoxy) is 1. The van der Waals surface area contributed by atoms with Crippen molar-refractivity contribution in [2.24, 2.45) is 0 Å². The van der Waals surface area contributed by atoms with Crippen molar-refractivity contribution in [3.05, 3.63) is 0 Å². The number of carbonyl (C=O) groups is 1. The number of ketones is 1. The highest BCUT2D eigenvalue weighted by atomic mass is 35.5. The molecule has 1 saturated heterocycles. The Hall–Kier alpha value is -0.0800. The second kappa shape index (κ2) is 2.67. The number of alkyl halides is 1. The average Bonchev–Trinajstić information content (AvgIpc) is 2.64. The van der Waals surface area contributed by atoms with Crippen LogP contribution in [0.3, 0.4) is 0 Å². The molecule has 0 saturated carbocycles.